The predicted molar refractivity (Wildman–Crippen MR) is 119 cm³/mol. The molecule has 0 aliphatic carbocycles. The number of piperazine rings is 1. The molecule has 0 spiro atoms. The number of benzene rings is 2. The Morgan fingerprint density at radius 1 is 1.07 bits per heavy atom. The van der Waals surface area contributed by atoms with Gasteiger partial charge in [-0.15, -0.1) is 0 Å². The number of halogens is 1. The molecule has 1 aliphatic rings. The molecule has 1 fully saturated rings. The van der Waals surface area contributed by atoms with Gasteiger partial charge in [-0.2, -0.15) is 0 Å². The Hall–Kier alpha value is -2.73. The number of amides is 2. The molecular weight excluding hydrogens is 402 g/mol. The van der Waals surface area contributed by atoms with Gasteiger partial charge in [-0.05, 0) is 49.2 Å². The zero-order valence-corrected chi connectivity index (χ0v) is 18.2. The van der Waals surface area contributed by atoms with Crippen LogP contribution in [-0.2, 0) is 9.59 Å². The molecule has 6 nitrogen and oxygen atoms in total. The Morgan fingerprint density at radius 3 is 2.53 bits per heavy atom. The van der Waals surface area contributed by atoms with E-state index in [-0.39, 0.29) is 31.4 Å². The van der Waals surface area contributed by atoms with E-state index in [0.29, 0.717) is 18.1 Å². The first-order valence-electron chi connectivity index (χ1n) is 10.2. The smallest absolute Gasteiger partial charge is 0.242 e. The van der Waals surface area contributed by atoms with Crippen molar-refractivity contribution < 1.29 is 14.3 Å². The third-order valence-electron chi connectivity index (χ3n) is 5.38. The molecule has 160 valence electrons. The maximum absolute atomic E-state index is 12.4. The predicted octanol–water partition coefficient (Wildman–Crippen LogP) is 3.19. The molecule has 1 heterocycles. The van der Waals surface area contributed by atoms with E-state index in [2.05, 4.69) is 10.2 Å². The third kappa shape index (κ3) is 5.89. The van der Waals surface area contributed by atoms with Crippen LogP contribution < -0.4 is 15.0 Å². The highest BCUT2D eigenvalue weighted by Gasteiger charge is 2.21. The van der Waals surface area contributed by atoms with Gasteiger partial charge in [0.2, 0.25) is 11.8 Å². The molecule has 0 bridgehead atoms. The monoisotopic (exact) mass is 429 g/mol. The number of carbonyl (C=O) groups is 2. The van der Waals surface area contributed by atoms with Crippen LogP contribution in [0.1, 0.15) is 17.5 Å². The van der Waals surface area contributed by atoms with Gasteiger partial charge in [-0.25, -0.2) is 0 Å². The molecular formula is C23H28ClN3O3. The lowest BCUT2D eigenvalue weighted by atomic mass is 10.1. The van der Waals surface area contributed by atoms with Crippen molar-refractivity contribution >= 4 is 29.1 Å². The van der Waals surface area contributed by atoms with Crippen molar-refractivity contribution in [3.8, 4) is 5.75 Å². The number of aryl methyl sites for hydroxylation is 1. The summed E-state index contributed by atoms with van der Waals surface area (Å²) in [5.74, 6) is 0.534. The van der Waals surface area contributed by atoms with Gasteiger partial charge in [0.25, 0.3) is 0 Å². The van der Waals surface area contributed by atoms with Crippen LogP contribution in [0.2, 0.25) is 5.02 Å². The van der Waals surface area contributed by atoms with Gasteiger partial charge >= 0.3 is 0 Å². The maximum Gasteiger partial charge on any atom is 0.242 e. The molecule has 30 heavy (non-hydrogen) atoms. The van der Waals surface area contributed by atoms with Crippen LogP contribution in [0.3, 0.4) is 0 Å². The average Bonchev–Trinajstić information content (AvgIpc) is 2.75. The first-order chi connectivity index (χ1) is 14.4. The van der Waals surface area contributed by atoms with Gasteiger partial charge in [0, 0.05) is 36.9 Å². The lowest BCUT2D eigenvalue weighted by Crippen LogP contribution is -2.51. The number of nitrogens with one attached hydrogen (secondary N) is 1. The highest BCUT2D eigenvalue weighted by Crippen LogP contribution is 2.21. The van der Waals surface area contributed by atoms with E-state index in [0.717, 1.165) is 35.7 Å². The highest BCUT2D eigenvalue weighted by molar-refractivity contribution is 6.30. The fraction of sp³-hybridized carbons (Fsp3) is 0.391. The van der Waals surface area contributed by atoms with Crippen LogP contribution in [0, 0.1) is 13.8 Å². The largest absolute Gasteiger partial charge is 0.493 e. The molecule has 2 amide bonds. The van der Waals surface area contributed by atoms with Crippen molar-refractivity contribution in [3.05, 3.63) is 58.6 Å². The van der Waals surface area contributed by atoms with E-state index < -0.39 is 0 Å². The number of anilines is 1. The number of hydrogen-bond donors (Lipinski definition) is 1. The number of hydrogen-bond acceptors (Lipinski definition) is 4. The molecule has 3 rings (SSSR count). The van der Waals surface area contributed by atoms with Crippen LogP contribution in [-0.4, -0.2) is 56.0 Å². The van der Waals surface area contributed by atoms with Crippen molar-refractivity contribution in [2.75, 3.05) is 44.2 Å². The van der Waals surface area contributed by atoms with Crippen LogP contribution in [0.25, 0.3) is 0 Å². The van der Waals surface area contributed by atoms with E-state index in [4.69, 9.17) is 16.3 Å². The zero-order chi connectivity index (χ0) is 21.5. The first-order valence-corrected chi connectivity index (χ1v) is 10.6. The number of nitrogens with zero attached hydrogens (tertiary/aromatic N) is 2. The quantitative estimate of drug-likeness (QED) is 0.734. The summed E-state index contributed by atoms with van der Waals surface area (Å²) in [5.41, 5.74) is 3.29. The number of rotatable bonds is 7. The van der Waals surface area contributed by atoms with Crippen molar-refractivity contribution in [1.29, 1.82) is 0 Å². The van der Waals surface area contributed by atoms with Crippen LogP contribution in [0.15, 0.2) is 42.5 Å². The standard InChI is InChI=1S/C23H28ClN3O3/c1-17-5-3-8-21(18(17)2)30-14-9-22(28)25-16-23(29)27-12-10-26(11-13-27)20-7-4-6-19(24)15-20/h3-8,15H,9-14,16H2,1-2H3,(H,25,28). The summed E-state index contributed by atoms with van der Waals surface area (Å²) in [7, 11) is 0. The van der Waals surface area contributed by atoms with E-state index in [9.17, 15) is 9.59 Å². The minimum atomic E-state index is -0.189. The second kappa shape index (κ2) is 10.3. The number of carbonyl (C=O) groups excluding carboxylic acids is 2. The average molecular weight is 430 g/mol. The number of ether oxygens (including phenoxy) is 1. The Kier molecular flexibility index (Phi) is 7.57. The fourth-order valence-corrected chi connectivity index (χ4v) is 3.58. The lowest BCUT2D eigenvalue weighted by molar-refractivity contribution is -0.133. The minimum Gasteiger partial charge on any atom is -0.493 e. The first kappa shape index (κ1) is 22.0. The Balaban J connectivity index is 1.36. The molecule has 2 aromatic rings. The van der Waals surface area contributed by atoms with Gasteiger partial charge in [0.1, 0.15) is 5.75 Å². The van der Waals surface area contributed by atoms with Crippen molar-refractivity contribution in [1.82, 2.24) is 10.2 Å². The van der Waals surface area contributed by atoms with E-state index in [1.165, 1.54) is 0 Å². The molecule has 2 aromatic carbocycles. The Morgan fingerprint density at radius 2 is 1.80 bits per heavy atom. The Bertz CT molecular complexity index is 895. The van der Waals surface area contributed by atoms with Gasteiger partial charge < -0.3 is 19.9 Å². The second-order valence-corrected chi connectivity index (χ2v) is 7.86. The fourth-order valence-electron chi connectivity index (χ4n) is 3.40. The topological polar surface area (TPSA) is 61.9 Å². The second-order valence-electron chi connectivity index (χ2n) is 7.42. The summed E-state index contributed by atoms with van der Waals surface area (Å²) in [6.45, 7) is 7.04. The molecule has 1 aliphatic heterocycles. The summed E-state index contributed by atoms with van der Waals surface area (Å²) < 4.78 is 5.70. The molecule has 7 heteroatoms. The zero-order valence-electron chi connectivity index (χ0n) is 17.5. The SMILES string of the molecule is Cc1cccc(OCCC(=O)NCC(=O)N2CCN(c3cccc(Cl)c3)CC2)c1C. The summed E-state index contributed by atoms with van der Waals surface area (Å²) in [6.07, 6.45) is 0.212. The van der Waals surface area contributed by atoms with Crippen molar-refractivity contribution in [2.24, 2.45) is 0 Å². The summed E-state index contributed by atoms with van der Waals surface area (Å²) in [6, 6.07) is 13.6. The lowest BCUT2D eigenvalue weighted by Gasteiger charge is -2.36. The third-order valence-corrected chi connectivity index (χ3v) is 5.62. The normalized spacial score (nSPS) is 13.8. The summed E-state index contributed by atoms with van der Waals surface area (Å²) in [4.78, 5) is 28.5. The summed E-state index contributed by atoms with van der Waals surface area (Å²) in [5, 5.41) is 3.41. The molecule has 1 saturated heterocycles. The molecule has 0 saturated carbocycles. The van der Waals surface area contributed by atoms with Gasteiger partial charge in [-0.1, -0.05) is 29.8 Å². The van der Waals surface area contributed by atoms with Crippen LogP contribution >= 0.6 is 11.6 Å². The molecule has 0 atom stereocenters. The minimum absolute atomic E-state index is 0.0134. The Labute approximate surface area is 182 Å². The van der Waals surface area contributed by atoms with E-state index in [1.54, 1.807) is 4.90 Å². The maximum atomic E-state index is 12.4. The van der Waals surface area contributed by atoms with Crippen LogP contribution in [0.4, 0.5) is 5.69 Å². The van der Waals surface area contributed by atoms with E-state index >= 15 is 0 Å². The van der Waals surface area contributed by atoms with Crippen molar-refractivity contribution in [3.63, 3.8) is 0 Å². The molecule has 0 unspecified atom stereocenters. The molecule has 0 aromatic heterocycles. The van der Waals surface area contributed by atoms with Crippen LogP contribution in [0.5, 0.6) is 5.75 Å². The highest BCUT2D eigenvalue weighted by atomic mass is 35.5. The van der Waals surface area contributed by atoms with Crippen molar-refractivity contribution in [2.45, 2.75) is 20.3 Å². The molecule has 1 N–H and O–H groups in total. The van der Waals surface area contributed by atoms with E-state index in [1.807, 2.05) is 56.3 Å². The van der Waals surface area contributed by atoms with Gasteiger partial charge in [0.15, 0.2) is 0 Å². The van der Waals surface area contributed by atoms with Gasteiger partial charge in [-0.3, -0.25) is 9.59 Å². The molecule has 0 radical (unpaired) electrons. The van der Waals surface area contributed by atoms with Gasteiger partial charge in [0.05, 0.1) is 19.6 Å². The summed E-state index contributed by atoms with van der Waals surface area (Å²) >= 11 is 6.06.